The quantitative estimate of drug-likeness (QED) is 0.593. The molecule has 124 valence electrons. The fourth-order valence-electron chi connectivity index (χ4n) is 1.73. The van der Waals surface area contributed by atoms with Crippen LogP contribution in [0.5, 0.6) is 0 Å². The molecule has 23 heavy (non-hydrogen) atoms. The Balaban J connectivity index is 2.92. The van der Waals surface area contributed by atoms with Crippen molar-refractivity contribution in [2.75, 3.05) is 21.3 Å². The number of methoxy groups -OCH3 is 3. The van der Waals surface area contributed by atoms with E-state index in [9.17, 15) is 19.2 Å². The van der Waals surface area contributed by atoms with E-state index in [-0.39, 0.29) is 17.5 Å². The van der Waals surface area contributed by atoms with E-state index in [0.717, 1.165) is 7.11 Å². The number of hydrogen-bond donors (Lipinski definition) is 1. The van der Waals surface area contributed by atoms with Gasteiger partial charge in [0.05, 0.1) is 33.3 Å². The van der Waals surface area contributed by atoms with Crippen LogP contribution in [0.2, 0.25) is 0 Å². The van der Waals surface area contributed by atoms with Gasteiger partial charge in [0, 0.05) is 5.56 Å². The minimum absolute atomic E-state index is 0.131. The van der Waals surface area contributed by atoms with Gasteiger partial charge in [0.2, 0.25) is 0 Å². The van der Waals surface area contributed by atoms with Gasteiger partial charge in [0.1, 0.15) is 6.04 Å². The maximum atomic E-state index is 12.2. The van der Waals surface area contributed by atoms with E-state index in [1.165, 1.54) is 38.5 Å². The molecule has 0 aliphatic carbocycles. The third-order valence-electron chi connectivity index (χ3n) is 2.94. The molecule has 1 aromatic carbocycles. The van der Waals surface area contributed by atoms with Crippen molar-refractivity contribution in [3.63, 3.8) is 0 Å². The number of hydrogen-bond acceptors (Lipinski definition) is 7. The molecular formula is C15H17NO7. The molecule has 1 rings (SSSR count). The number of rotatable bonds is 6. The number of nitrogens with one attached hydrogen (secondary N) is 1. The highest BCUT2D eigenvalue weighted by Gasteiger charge is 2.25. The van der Waals surface area contributed by atoms with Crippen molar-refractivity contribution in [2.24, 2.45) is 0 Å². The molecule has 8 heteroatoms. The maximum absolute atomic E-state index is 12.2. The molecule has 0 aromatic heterocycles. The molecule has 0 unspecified atom stereocenters. The van der Waals surface area contributed by atoms with Gasteiger partial charge >= 0.3 is 17.9 Å². The smallest absolute Gasteiger partial charge is 0.337 e. The first-order valence-electron chi connectivity index (χ1n) is 6.56. The summed E-state index contributed by atoms with van der Waals surface area (Å²) in [4.78, 5) is 46.6. The van der Waals surface area contributed by atoms with E-state index in [4.69, 9.17) is 0 Å². The van der Waals surface area contributed by atoms with Crippen LogP contribution in [0.1, 0.15) is 27.1 Å². The van der Waals surface area contributed by atoms with Crippen LogP contribution < -0.4 is 5.32 Å². The summed E-state index contributed by atoms with van der Waals surface area (Å²) in [6, 6.07) is 4.55. The first kappa shape index (κ1) is 18.1. The lowest BCUT2D eigenvalue weighted by molar-refractivity contribution is -0.149. The highest BCUT2D eigenvalue weighted by molar-refractivity contribution is 6.00. The predicted octanol–water partition coefficient (Wildman–Crippen LogP) is 0.308. The van der Waals surface area contributed by atoms with Crippen LogP contribution in [0, 0.1) is 0 Å². The van der Waals surface area contributed by atoms with Crippen molar-refractivity contribution >= 4 is 23.8 Å². The van der Waals surface area contributed by atoms with E-state index in [1.807, 2.05) is 0 Å². The number of benzene rings is 1. The molecular weight excluding hydrogens is 306 g/mol. The fourth-order valence-corrected chi connectivity index (χ4v) is 1.73. The molecule has 0 spiro atoms. The molecule has 1 aromatic rings. The van der Waals surface area contributed by atoms with E-state index >= 15 is 0 Å². The van der Waals surface area contributed by atoms with Gasteiger partial charge in [-0.05, 0) is 18.2 Å². The first-order valence-corrected chi connectivity index (χ1v) is 6.56. The van der Waals surface area contributed by atoms with Crippen molar-refractivity contribution in [3.8, 4) is 0 Å². The zero-order chi connectivity index (χ0) is 17.4. The van der Waals surface area contributed by atoms with Crippen molar-refractivity contribution in [1.29, 1.82) is 0 Å². The summed E-state index contributed by atoms with van der Waals surface area (Å²) < 4.78 is 13.6. The lowest BCUT2D eigenvalue weighted by atomic mass is 10.1. The zero-order valence-corrected chi connectivity index (χ0v) is 13.0. The Bertz CT molecular complexity index is 612. The van der Waals surface area contributed by atoms with Gasteiger partial charge in [0.25, 0.3) is 5.91 Å². The Labute approximate surface area is 132 Å². The summed E-state index contributed by atoms with van der Waals surface area (Å²) in [5.41, 5.74) is 0.314. The topological polar surface area (TPSA) is 108 Å². The van der Waals surface area contributed by atoms with Crippen LogP contribution in [-0.4, -0.2) is 51.2 Å². The van der Waals surface area contributed by atoms with Gasteiger partial charge in [-0.2, -0.15) is 0 Å². The van der Waals surface area contributed by atoms with Crippen molar-refractivity contribution in [2.45, 2.75) is 12.5 Å². The second-order valence-electron chi connectivity index (χ2n) is 4.40. The van der Waals surface area contributed by atoms with Crippen molar-refractivity contribution < 1.29 is 33.4 Å². The largest absolute Gasteiger partial charge is 0.469 e. The summed E-state index contributed by atoms with van der Waals surface area (Å²) >= 11 is 0. The average Bonchev–Trinajstić information content (AvgIpc) is 2.59. The second kappa shape index (κ2) is 8.52. The van der Waals surface area contributed by atoms with Crippen LogP contribution in [0.3, 0.4) is 0 Å². The normalized spacial score (nSPS) is 11.1. The molecule has 0 heterocycles. The monoisotopic (exact) mass is 323 g/mol. The highest BCUT2D eigenvalue weighted by atomic mass is 16.5. The summed E-state index contributed by atoms with van der Waals surface area (Å²) in [5.74, 6) is -2.70. The zero-order valence-electron chi connectivity index (χ0n) is 13.0. The van der Waals surface area contributed by atoms with Gasteiger partial charge in [-0.25, -0.2) is 9.59 Å². The van der Waals surface area contributed by atoms with E-state index in [0.29, 0.717) is 0 Å². The van der Waals surface area contributed by atoms with Crippen LogP contribution in [0.15, 0.2) is 24.3 Å². The first-order chi connectivity index (χ1) is 10.9. The molecule has 0 aliphatic rings. The lowest BCUT2D eigenvalue weighted by Gasteiger charge is -2.15. The van der Waals surface area contributed by atoms with E-state index in [1.54, 1.807) is 0 Å². The van der Waals surface area contributed by atoms with Crippen molar-refractivity contribution in [3.05, 3.63) is 35.4 Å². The number of ether oxygens (including phenoxy) is 3. The average molecular weight is 323 g/mol. The minimum Gasteiger partial charge on any atom is -0.469 e. The Morgan fingerprint density at radius 2 is 1.65 bits per heavy atom. The number of esters is 3. The third kappa shape index (κ3) is 5.10. The Morgan fingerprint density at radius 1 is 1.00 bits per heavy atom. The van der Waals surface area contributed by atoms with E-state index in [2.05, 4.69) is 19.5 Å². The molecule has 1 atom stereocenters. The van der Waals surface area contributed by atoms with Crippen LogP contribution in [0.25, 0.3) is 0 Å². The lowest BCUT2D eigenvalue weighted by Crippen LogP contribution is -2.43. The SMILES string of the molecule is COC(=O)C[C@H](NC(=O)c1cccc(C(=O)OC)c1)C(=O)OC. The van der Waals surface area contributed by atoms with Gasteiger partial charge in [-0.1, -0.05) is 6.07 Å². The van der Waals surface area contributed by atoms with E-state index < -0.39 is 29.9 Å². The molecule has 0 bridgehead atoms. The number of carbonyl (C=O) groups excluding carboxylic acids is 4. The van der Waals surface area contributed by atoms with Crippen LogP contribution >= 0.6 is 0 Å². The van der Waals surface area contributed by atoms with Crippen LogP contribution in [-0.2, 0) is 23.8 Å². The molecule has 0 radical (unpaired) electrons. The summed E-state index contributed by atoms with van der Waals surface area (Å²) in [6.07, 6.45) is -0.369. The molecule has 0 saturated heterocycles. The molecule has 1 amide bonds. The summed E-state index contributed by atoms with van der Waals surface area (Å²) in [7, 11) is 3.52. The third-order valence-corrected chi connectivity index (χ3v) is 2.94. The number of amides is 1. The summed E-state index contributed by atoms with van der Waals surface area (Å²) in [5, 5.41) is 2.37. The maximum Gasteiger partial charge on any atom is 0.337 e. The van der Waals surface area contributed by atoms with Gasteiger partial charge in [0.15, 0.2) is 0 Å². The fraction of sp³-hybridized carbons (Fsp3) is 0.333. The summed E-state index contributed by atoms with van der Waals surface area (Å²) in [6.45, 7) is 0. The molecule has 1 N–H and O–H groups in total. The molecule has 0 aliphatic heterocycles. The highest BCUT2D eigenvalue weighted by Crippen LogP contribution is 2.08. The molecule has 0 saturated carbocycles. The predicted molar refractivity (Wildman–Crippen MR) is 77.7 cm³/mol. The second-order valence-corrected chi connectivity index (χ2v) is 4.40. The van der Waals surface area contributed by atoms with Crippen molar-refractivity contribution in [1.82, 2.24) is 5.32 Å². The minimum atomic E-state index is -1.19. The van der Waals surface area contributed by atoms with Crippen LogP contribution in [0.4, 0.5) is 0 Å². The van der Waals surface area contributed by atoms with Gasteiger partial charge < -0.3 is 19.5 Å². The molecule has 0 fully saturated rings. The Kier molecular flexibility index (Phi) is 6.72. The Hall–Kier alpha value is -2.90. The van der Waals surface area contributed by atoms with Gasteiger partial charge in [-0.15, -0.1) is 0 Å². The standard InChI is InChI=1S/C15H17NO7/c1-21-12(17)8-11(15(20)23-3)16-13(18)9-5-4-6-10(7-9)14(19)22-2/h4-7,11H,8H2,1-3H3,(H,16,18)/t11-/m0/s1. The number of carbonyl (C=O) groups is 4. The molecule has 8 nitrogen and oxygen atoms in total. The Morgan fingerprint density at radius 3 is 2.22 bits per heavy atom. The van der Waals surface area contributed by atoms with Gasteiger partial charge in [-0.3, -0.25) is 9.59 Å².